The monoisotopic (exact) mass is 412 g/mol. The minimum absolute atomic E-state index is 0.0371. The summed E-state index contributed by atoms with van der Waals surface area (Å²) in [5.41, 5.74) is 2.33. The second kappa shape index (κ2) is 7.87. The smallest absolute Gasteiger partial charge is 0.337 e. The summed E-state index contributed by atoms with van der Waals surface area (Å²) in [6, 6.07) is 6.63. The maximum Gasteiger partial charge on any atom is 0.337 e. The van der Waals surface area contributed by atoms with Gasteiger partial charge in [0, 0.05) is 31.4 Å². The molecule has 1 atom stereocenters. The van der Waals surface area contributed by atoms with Crippen molar-refractivity contribution in [3.05, 3.63) is 51.1 Å². The van der Waals surface area contributed by atoms with Crippen molar-refractivity contribution in [3.8, 4) is 0 Å². The number of aromatic carboxylic acids is 1. The molecule has 1 fully saturated rings. The average Bonchev–Trinajstić information content (AvgIpc) is 3.16. The Morgan fingerprint density at radius 1 is 1.24 bits per heavy atom. The number of benzene rings is 1. The molecule has 0 radical (unpaired) electrons. The van der Waals surface area contributed by atoms with Crippen LogP contribution in [0.3, 0.4) is 0 Å². The molecule has 0 saturated carbocycles. The van der Waals surface area contributed by atoms with Crippen molar-refractivity contribution in [2.75, 3.05) is 23.3 Å². The lowest BCUT2D eigenvalue weighted by Gasteiger charge is -2.29. The van der Waals surface area contributed by atoms with Crippen molar-refractivity contribution in [2.45, 2.75) is 32.2 Å². The van der Waals surface area contributed by atoms with Crippen LogP contribution in [0.5, 0.6) is 0 Å². The number of nitrogens with one attached hydrogen (secondary N) is 1. The van der Waals surface area contributed by atoms with E-state index in [-0.39, 0.29) is 17.2 Å². The van der Waals surface area contributed by atoms with Gasteiger partial charge in [0.25, 0.3) is 5.56 Å². The molecule has 0 aliphatic carbocycles. The number of para-hydroxylation sites is 1. The Hall–Kier alpha value is -2.87. The highest BCUT2D eigenvalue weighted by molar-refractivity contribution is 7.17. The molecule has 1 aromatic carbocycles. The van der Waals surface area contributed by atoms with E-state index in [4.69, 9.17) is 4.98 Å². The molecule has 4 rings (SSSR count). The van der Waals surface area contributed by atoms with Crippen molar-refractivity contribution in [2.24, 2.45) is 7.05 Å². The lowest BCUT2D eigenvalue weighted by Crippen LogP contribution is -2.35. The van der Waals surface area contributed by atoms with Crippen LogP contribution in [-0.4, -0.2) is 33.7 Å². The van der Waals surface area contributed by atoms with Crippen molar-refractivity contribution in [1.29, 1.82) is 0 Å². The van der Waals surface area contributed by atoms with E-state index in [1.165, 1.54) is 17.8 Å². The predicted octanol–water partition coefficient (Wildman–Crippen LogP) is 3.86. The van der Waals surface area contributed by atoms with Gasteiger partial charge < -0.3 is 15.3 Å². The SMILES string of the molecule is CC(Nc1ccccc1C(=O)O)c1csc2c(=O)n(C)c(N3CCCCC3)nc12. The van der Waals surface area contributed by atoms with E-state index in [9.17, 15) is 14.7 Å². The number of anilines is 2. The van der Waals surface area contributed by atoms with Crippen LogP contribution in [0.2, 0.25) is 0 Å². The summed E-state index contributed by atoms with van der Waals surface area (Å²) in [6.45, 7) is 3.77. The van der Waals surface area contributed by atoms with Crippen LogP contribution in [-0.2, 0) is 7.05 Å². The Morgan fingerprint density at radius 3 is 2.69 bits per heavy atom. The predicted molar refractivity (Wildman–Crippen MR) is 116 cm³/mol. The summed E-state index contributed by atoms with van der Waals surface area (Å²) in [7, 11) is 1.78. The minimum atomic E-state index is -0.977. The van der Waals surface area contributed by atoms with Crippen molar-refractivity contribution >= 4 is 39.2 Å². The third-order valence-corrected chi connectivity index (χ3v) is 6.41. The molecule has 2 aromatic heterocycles. The fourth-order valence-electron chi connectivity index (χ4n) is 3.84. The number of hydrogen-bond acceptors (Lipinski definition) is 6. The van der Waals surface area contributed by atoms with Crippen LogP contribution >= 0.6 is 11.3 Å². The highest BCUT2D eigenvalue weighted by Gasteiger charge is 2.22. The lowest BCUT2D eigenvalue weighted by atomic mass is 10.1. The Balaban J connectivity index is 1.74. The van der Waals surface area contributed by atoms with Crippen molar-refractivity contribution in [1.82, 2.24) is 9.55 Å². The number of nitrogens with zero attached hydrogens (tertiary/aromatic N) is 3. The molecule has 152 valence electrons. The van der Waals surface area contributed by atoms with E-state index in [1.807, 2.05) is 12.3 Å². The van der Waals surface area contributed by atoms with Crippen LogP contribution in [0, 0.1) is 0 Å². The Bertz CT molecular complexity index is 1110. The molecule has 29 heavy (non-hydrogen) atoms. The van der Waals surface area contributed by atoms with Gasteiger partial charge in [-0.1, -0.05) is 12.1 Å². The summed E-state index contributed by atoms with van der Waals surface area (Å²) in [6.07, 6.45) is 3.42. The summed E-state index contributed by atoms with van der Waals surface area (Å²) in [5.74, 6) is -0.269. The molecule has 1 saturated heterocycles. The van der Waals surface area contributed by atoms with E-state index in [1.54, 1.807) is 35.9 Å². The zero-order valence-corrected chi connectivity index (χ0v) is 17.3. The van der Waals surface area contributed by atoms with E-state index in [0.717, 1.165) is 31.5 Å². The van der Waals surface area contributed by atoms with Crippen molar-refractivity contribution in [3.63, 3.8) is 0 Å². The normalized spacial score (nSPS) is 15.4. The minimum Gasteiger partial charge on any atom is -0.478 e. The molecule has 3 heterocycles. The number of piperidine rings is 1. The Kier molecular flexibility index (Phi) is 5.27. The number of aromatic nitrogens is 2. The van der Waals surface area contributed by atoms with E-state index in [0.29, 0.717) is 21.9 Å². The zero-order valence-electron chi connectivity index (χ0n) is 16.5. The van der Waals surface area contributed by atoms with E-state index >= 15 is 0 Å². The number of carboxylic acid groups (broad SMARTS) is 1. The summed E-state index contributed by atoms with van der Waals surface area (Å²) >= 11 is 1.39. The quantitative estimate of drug-likeness (QED) is 0.662. The molecule has 0 bridgehead atoms. The van der Waals surface area contributed by atoms with Gasteiger partial charge in [-0.15, -0.1) is 11.3 Å². The number of rotatable bonds is 5. The van der Waals surface area contributed by atoms with Gasteiger partial charge in [0.15, 0.2) is 0 Å². The van der Waals surface area contributed by atoms with Gasteiger partial charge in [0.05, 0.1) is 17.1 Å². The number of carbonyl (C=O) groups is 1. The van der Waals surface area contributed by atoms with Gasteiger partial charge in [0.2, 0.25) is 5.95 Å². The first-order chi connectivity index (χ1) is 14.0. The highest BCUT2D eigenvalue weighted by Crippen LogP contribution is 2.31. The molecule has 7 nitrogen and oxygen atoms in total. The third-order valence-electron chi connectivity index (χ3n) is 5.44. The second-order valence-electron chi connectivity index (χ2n) is 7.41. The standard InChI is InChI=1S/C21H24N4O3S/c1-13(22-16-9-5-4-8-14(16)20(27)28)15-12-29-18-17(15)23-21(24(2)19(18)26)25-10-6-3-7-11-25/h4-5,8-9,12-13,22H,3,6-7,10-11H2,1-2H3,(H,27,28). The first kappa shape index (κ1) is 19.4. The largest absolute Gasteiger partial charge is 0.478 e. The Morgan fingerprint density at radius 2 is 1.97 bits per heavy atom. The number of fused-ring (bicyclic) bond motifs is 1. The molecule has 1 aliphatic heterocycles. The van der Waals surface area contributed by atoms with Crippen LogP contribution in [0.1, 0.15) is 48.1 Å². The molecule has 3 aromatic rings. The van der Waals surface area contributed by atoms with Crippen LogP contribution in [0.25, 0.3) is 10.2 Å². The molecule has 2 N–H and O–H groups in total. The van der Waals surface area contributed by atoms with Gasteiger partial charge in [-0.25, -0.2) is 9.78 Å². The van der Waals surface area contributed by atoms with Crippen LogP contribution < -0.4 is 15.8 Å². The molecule has 1 aliphatic rings. The number of thiophene rings is 1. The lowest BCUT2D eigenvalue weighted by molar-refractivity contribution is 0.0698. The fraction of sp³-hybridized carbons (Fsp3) is 0.381. The molecular weight excluding hydrogens is 388 g/mol. The number of carboxylic acids is 1. The van der Waals surface area contributed by atoms with E-state index < -0.39 is 5.97 Å². The van der Waals surface area contributed by atoms with Crippen LogP contribution in [0.4, 0.5) is 11.6 Å². The van der Waals surface area contributed by atoms with E-state index in [2.05, 4.69) is 10.2 Å². The summed E-state index contributed by atoms with van der Waals surface area (Å²) in [4.78, 5) is 31.5. The zero-order chi connectivity index (χ0) is 20.5. The van der Waals surface area contributed by atoms with Gasteiger partial charge in [-0.05, 0) is 43.7 Å². The summed E-state index contributed by atoms with van der Waals surface area (Å²) < 4.78 is 2.27. The molecule has 8 heteroatoms. The number of hydrogen-bond donors (Lipinski definition) is 2. The molecule has 0 amide bonds. The first-order valence-corrected chi connectivity index (χ1v) is 10.7. The Labute approximate surface area is 172 Å². The third kappa shape index (κ3) is 3.60. The van der Waals surface area contributed by atoms with Gasteiger partial charge in [-0.3, -0.25) is 9.36 Å². The highest BCUT2D eigenvalue weighted by atomic mass is 32.1. The van der Waals surface area contributed by atoms with Crippen molar-refractivity contribution < 1.29 is 9.90 Å². The fourth-order valence-corrected chi connectivity index (χ4v) is 4.91. The molecule has 0 spiro atoms. The summed E-state index contributed by atoms with van der Waals surface area (Å²) in [5, 5.41) is 14.7. The second-order valence-corrected chi connectivity index (χ2v) is 8.29. The average molecular weight is 413 g/mol. The van der Waals surface area contributed by atoms with Gasteiger partial charge >= 0.3 is 5.97 Å². The maximum atomic E-state index is 12.9. The van der Waals surface area contributed by atoms with Gasteiger partial charge in [-0.2, -0.15) is 0 Å². The maximum absolute atomic E-state index is 12.9. The first-order valence-electron chi connectivity index (χ1n) is 9.79. The molecule has 1 unspecified atom stereocenters. The topological polar surface area (TPSA) is 87.5 Å². The van der Waals surface area contributed by atoms with Crippen LogP contribution in [0.15, 0.2) is 34.4 Å². The van der Waals surface area contributed by atoms with Gasteiger partial charge in [0.1, 0.15) is 4.70 Å². The molecular formula is C21H24N4O3S.